The van der Waals surface area contributed by atoms with Crippen LogP contribution >= 0.6 is 0 Å². The van der Waals surface area contributed by atoms with Gasteiger partial charge < -0.3 is 30.3 Å². The molecule has 0 saturated carbocycles. The van der Waals surface area contributed by atoms with Crippen LogP contribution < -0.4 is 0 Å². The number of nitriles is 1. The Morgan fingerprint density at radius 3 is 2.36 bits per heavy atom. The summed E-state index contributed by atoms with van der Waals surface area (Å²) >= 11 is 0. The predicted molar refractivity (Wildman–Crippen MR) is 94.2 cm³/mol. The van der Waals surface area contributed by atoms with Crippen molar-refractivity contribution in [1.82, 2.24) is 0 Å². The van der Waals surface area contributed by atoms with Crippen LogP contribution in [-0.4, -0.2) is 56.6 Å². The molecule has 2 aromatic carbocycles. The number of nitrogens with zero attached hydrogens (tertiary/aromatic N) is 1. The largest absolute Gasteiger partial charge is 0.394 e. The van der Waals surface area contributed by atoms with Gasteiger partial charge in [0.15, 0.2) is 0 Å². The predicted octanol–water partition coefficient (Wildman–Crippen LogP) is -0.0929. The molecule has 8 heteroatoms. The number of rotatable bonds is 4. The Balaban J connectivity index is 2.00. The monoisotopic (exact) mass is 389 g/mol. The van der Waals surface area contributed by atoms with Crippen LogP contribution in [0, 0.1) is 17.1 Å². The summed E-state index contributed by atoms with van der Waals surface area (Å²) in [7, 11) is 0. The smallest absolute Gasteiger partial charge is 0.222 e. The van der Waals surface area contributed by atoms with Gasteiger partial charge in [-0.2, -0.15) is 5.26 Å². The fourth-order valence-corrected chi connectivity index (χ4v) is 3.29. The molecule has 0 bridgehead atoms. The molecule has 5 N–H and O–H groups in total. The minimum absolute atomic E-state index is 0.0421. The van der Waals surface area contributed by atoms with Gasteiger partial charge in [-0.25, -0.2) is 4.39 Å². The molecule has 0 aromatic heterocycles. The number of halogens is 1. The van der Waals surface area contributed by atoms with E-state index in [1.165, 1.54) is 30.3 Å². The lowest BCUT2D eigenvalue weighted by Gasteiger charge is -2.45. The normalized spacial score (nSPS) is 30.0. The molecule has 5 atom stereocenters. The third-order valence-corrected chi connectivity index (χ3v) is 4.91. The van der Waals surface area contributed by atoms with Gasteiger partial charge >= 0.3 is 0 Å². The Labute approximate surface area is 160 Å². The Morgan fingerprint density at radius 2 is 1.75 bits per heavy atom. The van der Waals surface area contributed by atoms with E-state index in [4.69, 9.17) is 4.74 Å². The van der Waals surface area contributed by atoms with Crippen LogP contribution in [-0.2, 0) is 16.9 Å². The minimum Gasteiger partial charge on any atom is -0.394 e. The van der Waals surface area contributed by atoms with E-state index in [1.54, 1.807) is 12.1 Å². The zero-order valence-corrected chi connectivity index (χ0v) is 14.7. The highest BCUT2D eigenvalue weighted by Crippen LogP contribution is 2.37. The van der Waals surface area contributed by atoms with E-state index < -0.39 is 42.6 Å². The van der Waals surface area contributed by atoms with Crippen molar-refractivity contribution in [1.29, 1.82) is 5.26 Å². The third kappa shape index (κ3) is 3.64. The van der Waals surface area contributed by atoms with E-state index >= 15 is 0 Å². The Kier molecular flexibility index (Phi) is 5.76. The number of hydrogen-bond acceptors (Lipinski definition) is 7. The molecule has 1 heterocycles. The molecule has 1 aliphatic heterocycles. The van der Waals surface area contributed by atoms with E-state index in [9.17, 15) is 35.2 Å². The van der Waals surface area contributed by atoms with Crippen molar-refractivity contribution in [2.24, 2.45) is 0 Å². The van der Waals surface area contributed by atoms with Crippen LogP contribution in [0.25, 0.3) is 0 Å². The molecule has 0 aliphatic carbocycles. The summed E-state index contributed by atoms with van der Waals surface area (Å²) in [4.78, 5) is 0. The van der Waals surface area contributed by atoms with E-state index in [2.05, 4.69) is 0 Å². The van der Waals surface area contributed by atoms with Gasteiger partial charge in [-0.05, 0) is 41.8 Å². The zero-order chi connectivity index (χ0) is 20.5. The Bertz CT molecular complexity index is 881. The highest BCUT2D eigenvalue weighted by atomic mass is 19.1. The van der Waals surface area contributed by atoms with Gasteiger partial charge in [-0.3, -0.25) is 0 Å². The van der Waals surface area contributed by atoms with Crippen LogP contribution in [0.4, 0.5) is 4.39 Å². The molecule has 3 rings (SSSR count). The number of aliphatic hydroxyl groups is 5. The van der Waals surface area contributed by atoms with Crippen molar-refractivity contribution >= 4 is 0 Å². The highest BCUT2D eigenvalue weighted by Gasteiger charge is 2.53. The van der Waals surface area contributed by atoms with E-state index in [-0.39, 0.29) is 12.0 Å². The maximum Gasteiger partial charge on any atom is 0.222 e. The van der Waals surface area contributed by atoms with Crippen molar-refractivity contribution in [3.8, 4) is 6.07 Å². The first kappa shape index (κ1) is 20.4. The van der Waals surface area contributed by atoms with Crippen LogP contribution in [0.15, 0.2) is 42.5 Å². The summed E-state index contributed by atoms with van der Waals surface area (Å²) in [6, 6.07) is 11.9. The Hall–Kier alpha value is -2.38. The van der Waals surface area contributed by atoms with Crippen LogP contribution in [0.2, 0.25) is 0 Å². The second-order valence-corrected chi connectivity index (χ2v) is 6.75. The molecule has 1 fully saturated rings. The van der Waals surface area contributed by atoms with Gasteiger partial charge in [-0.15, -0.1) is 0 Å². The number of hydrogen-bond donors (Lipinski definition) is 5. The lowest BCUT2D eigenvalue weighted by molar-refractivity contribution is -0.357. The standard InChI is InChI=1S/C20H20FNO6/c21-15-5-1-11(2-6-15)7-13-8-14(4-3-12(13)9-22)20(27)19(26)18(25)17(24)16(10-23)28-20/h1-6,8,16-19,23-27H,7,10H2/t16-,17-,18+,19-,20-/m1/s1. The van der Waals surface area contributed by atoms with Gasteiger partial charge in [0.05, 0.1) is 18.2 Å². The average Bonchev–Trinajstić information content (AvgIpc) is 2.71. The van der Waals surface area contributed by atoms with Crippen molar-refractivity contribution in [3.63, 3.8) is 0 Å². The van der Waals surface area contributed by atoms with Gasteiger partial charge in [0.1, 0.15) is 30.2 Å². The van der Waals surface area contributed by atoms with Gasteiger partial charge in [0.2, 0.25) is 5.79 Å². The molecule has 0 amide bonds. The molecule has 148 valence electrons. The molecular weight excluding hydrogens is 369 g/mol. The summed E-state index contributed by atoms with van der Waals surface area (Å²) < 4.78 is 18.4. The van der Waals surface area contributed by atoms with Crippen LogP contribution in [0.1, 0.15) is 22.3 Å². The molecule has 28 heavy (non-hydrogen) atoms. The Morgan fingerprint density at radius 1 is 1.07 bits per heavy atom. The lowest BCUT2D eigenvalue weighted by atomic mass is 9.86. The molecule has 0 spiro atoms. The zero-order valence-electron chi connectivity index (χ0n) is 14.7. The summed E-state index contributed by atoms with van der Waals surface area (Å²) in [5.74, 6) is -2.80. The van der Waals surface area contributed by atoms with Crippen molar-refractivity contribution in [2.75, 3.05) is 6.61 Å². The second kappa shape index (κ2) is 7.93. The van der Waals surface area contributed by atoms with Crippen molar-refractivity contribution in [3.05, 3.63) is 70.5 Å². The average molecular weight is 389 g/mol. The third-order valence-electron chi connectivity index (χ3n) is 4.91. The van der Waals surface area contributed by atoms with Crippen LogP contribution in [0.5, 0.6) is 0 Å². The second-order valence-electron chi connectivity index (χ2n) is 6.75. The van der Waals surface area contributed by atoms with Gasteiger partial charge in [-0.1, -0.05) is 18.2 Å². The fourth-order valence-electron chi connectivity index (χ4n) is 3.29. The van der Waals surface area contributed by atoms with Crippen molar-refractivity contribution < 1.29 is 34.7 Å². The first-order chi connectivity index (χ1) is 13.3. The minimum atomic E-state index is -2.41. The van der Waals surface area contributed by atoms with Crippen LogP contribution in [0.3, 0.4) is 0 Å². The van der Waals surface area contributed by atoms with Crippen molar-refractivity contribution in [2.45, 2.75) is 36.6 Å². The molecule has 7 nitrogen and oxygen atoms in total. The van der Waals surface area contributed by atoms with Gasteiger partial charge in [0.25, 0.3) is 0 Å². The topological polar surface area (TPSA) is 134 Å². The summed E-state index contributed by atoms with van der Waals surface area (Å²) in [6.07, 6.45) is -6.31. The van der Waals surface area contributed by atoms with Gasteiger partial charge in [0, 0.05) is 5.56 Å². The molecular formula is C20H20FNO6. The number of benzene rings is 2. The molecule has 1 aliphatic rings. The van der Waals surface area contributed by atoms with E-state index in [0.717, 1.165) is 5.56 Å². The summed E-state index contributed by atoms with van der Waals surface area (Å²) in [6.45, 7) is -0.689. The van der Waals surface area contributed by atoms with E-state index in [0.29, 0.717) is 11.1 Å². The molecule has 1 saturated heterocycles. The number of aliphatic hydroxyl groups excluding tert-OH is 4. The summed E-state index contributed by atoms with van der Waals surface area (Å²) in [5, 5.41) is 59.8. The SMILES string of the molecule is N#Cc1ccc([C@@]2(O)O[C@H](CO)[C@@H](O)[C@H](O)[C@H]2O)cc1Cc1ccc(F)cc1. The maximum absolute atomic E-state index is 13.1. The van der Waals surface area contributed by atoms with E-state index in [1.807, 2.05) is 6.07 Å². The lowest BCUT2D eigenvalue weighted by Crippen LogP contribution is -2.63. The fraction of sp³-hybridized carbons (Fsp3) is 0.350. The molecule has 0 radical (unpaired) electrons. The first-order valence-corrected chi connectivity index (χ1v) is 8.63. The maximum atomic E-state index is 13.1. The highest BCUT2D eigenvalue weighted by molar-refractivity contribution is 5.44. The quantitative estimate of drug-likeness (QED) is 0.493. The molecule has 2 aromatic rings. The first-order valence-electron chi connectivity index (χ1n) is 8.63. The summed E-state index contributed by atoms with van der Waals surface area (Å²) in [5.41, 5.74) is 1.55. The molecule has 0 unspecified atom stereocenters. The number of ether oxygens (including phenoxy) is 1.